The van der Waals surface area contributed by atoms with Crippen LogP contribution in [0.25, 0.3) is 11.0 Å². The molecule has 1 aromatic carbocycles. The van der Waals surface area contributed by atoms with Gasteiger partial charge in [-0.15, -0.1) is 0 Å². The van der Waals surface area contributed by atoms with Gasteiger partial charge in [-0.2, -0.15) is 13.2 Å². The minimum Gasteiger partial charge on any atom is -0.481 e. The first-order valence-electron chi connectivity index (χ1n) is 8.81. The summed E-state index contributed by atoms with van der Waals surface area (Å²) in [5.74, 6) is 1.19. The first-order chi connectivity index (χ1) is 13.5. The van der Waals surface area contributed by atoms with E-state index in [0.29, 0.717) is 42.4 Å². The Hall–Kier alpha value is -2.65. The van der Waals surface area contributed by atoms with Crippen LogP contribution in [0.1, 0.15) is 23.0 Å². The van der Waals surface area contributed by atoms with Gasteiger partial charge in [0.1, 0.15) is 12.4 Å². The third-order valence-electron chi connectivity index (χ3n) is 4.71. The van der Waals surface area contributed by atoms with Crippen molar-refractivity contribution >= 4 is 11.0 Å². The fraction of sp³-hybridized carbons (Fsp3) is 0.368. The second kappa shape index (κ2) is 7.40. The molecule has 1 N–H and O–H groups in total. The highest BCUT2D eigenvalue weighted by Crippen LogP contribution is 2.33. The van der Waals surface area contributed by atoms with Crippen LogP contribution in [-0.2, 0) is 24.1 Å². The SMILES string of the molecule is COc1ccc(CNC[C@H]2COCc3nc4cc(C(F)(F)F)ccc4n32)cn1. The lowest BCUT2D eigenvalue weighted by atomic mass is 10.2. The van der Waals surface area contributed by atoms with Crippen molar-refractivity contribution in [2.75, 3.05) is 20.3 Å². The Morgan fingerprint density at radius 3 is 2.86 bits per heavy atom. The van der Waals surface area contributed by atoms with E-state index in [9.17, 15) is 13.2 Å². The summed E-state index contributed by atoms with van der Waals surface area (Å²) in [6, 6.07) is 7.33. The van der Waals surface area contributed by atoms with Crippen LogP contribution in [0.5, 0.6) is 5.88 Å². The monoisotopic (exact) mass is 392 g/mol. The van der Waals surface area contributed by atoms with Crippen LogP contribution >= 0.6 is 0 Å². The van der Waals surface area contributed by atoms with Gasteiger partial charge in [-0.25, -0.2) is 9.97 Å². The average molecular weight is 392 g/mol. The summed E-state index contributed by atoms with van der Waals surface area (Å²) in [6.07, 6.45) is -2.65. The van der Waals surface area contributed by atoms with Crippen LogP contribution in [0.2, 0.25) is 0 Å². The molecule has 0 spiro atoms. The molecule has 1 aliphatic rings. The third kappa shape index (κ3) is 3.67. The van der Waals surface area contributed by atoms with Gasteiger partial charge in [0.2, 0.25) is 5.88 Å². The number of halogens is 3. The summed E-state index contributed by atoms with van der Waals surface area (Å²) in [5.41, 5.74) is 1.32. The van der Waals surface area contributed by atoms with Gasteiger partial charge in [-0.05, 0) is 23.8 Å². The van der Waals surface area contributed by atoms with Crippen molar-refractivity contribution in [3.8, 4) is 5.88 Å². The highest BCUT2D eigenvalue weighted by molar-refractivity contribution is 5.77. The molecular formula is C19H19F3N4O2. The number of ether oxygens (including phenoxy) is 2. The number of aromatic nitrogens is 3. The Labute approximate surface area is 159 Å². The third-order valence-corrected chi connectivity index (χ3v) is 4.71. The minimum absolute atomic E-state index is 0.0586. The molecule has 28 heavy (non-hydrogen) atoms. The molecule has 1 aliphatic heterocycles. The Kier molecular flexibility index (Phi) is 4.94. The molecular weight excluding hydrogens is 373 g/mol. The number of hydrogen-bond donors (Lipinski definition) is 1. The molecule has 0 unspecified atom stereocenters. The van der Waals surface area contributed by atoms with E-state index in [1.807, 2.05) is 10.6 Å². The van der Waals surface area contributed by atoms with E-state index in [1.165, 1.54) is 6.07 Å². The first kappa shape index (κ1) is 18.7. The van der Waals surface area contributed by atoms with Gasteiger partial charge in [-0.1, -0.05) is 6.07 Å². The van der Waals surface area contributed by atoms with Gasteiger partial charge in [0, 0.05) is 25.4 Å². The maximum absolute atomic E-state index is 13.0. The minimum atomic E-state index is -4.39. The molecule has 0 amide bonds. The van der Waals surface area contributed by atoms with Crippen molar-refractivity contribution in [3.05, 3.63) is 53.5 Å². The lowest BCUT2D eigenvalue weighted by Gasteiger charge is -2.26. The molecule has 3 aromatic rings. The topological polar surface area (TPSA) is 61.2 Å². The second-order valence-electron chi connectivity index (χ2n) is 6.61. The number of benzene rings is 1. The molecule has 6 nitrogen and oxygen atoms in total. The molecule has 0 fully saturated rings. The largest absolute Gasteiger partial charge is 0.481 e. The maximum atomic E-state index is 13.0. The number of methoxy groups -OCH3 is 1. The molecule has 0 bridgehead atoms. The van der Waals surface area contributed by atoms with E-state index in [-0.39, 0.29) is 12.6 Å². The van der Waals surface area contributed by atoms with Crippen molar-refractivity contribution in [2.45, 2.75) is 25.4 Å². The van der Waals surface area contributed by atoms with Gasteiger partial charge >= 0.3 is 6.18 Å². The Bertz CT molecular complexity index is 970. The molecule has 0 radical (unpaired) electrons. The standard InChI is InChI=1S/C19H19F3N4O2/c1-27-18-5-2-12(8-24-18)7-23-9-14-10-28-11-17-25-15-6-13(19(20,21)22)3-4-16(15)26(14)17/h2-6,8,14,23H,7,9-11H2,1H3/t14-/m0/s1. The van der Waals surface area contributed by atoms with E-state index >= 15 is 0 Å². The molecule has 3 heterocycles. The first-order valence-corrected chi connectivity index (χ1v) is 8.81. The Morgan fingerprint density at radius 1 is 1.29 bits per heavy atom. The van der Waals surface area contributed by atoms with E-state index < -0.39 is 11.7 Å². The highest BCUT2D eigenvalue weighted by atomic mass is 19.4. The molecule has 9 heteroatoms. The lowest BCUT2D eigenvalue weighted by Crippen LogP contribution is -2.32. The zero-order chi connectivity index (χ0) is 19.7. The smallest absolute Gasteiger partial charge is 0.416 e. The predicted octanol–water partition coefficient (Wildman–Crippen LogP) is 3.32. The van der Waals surface area contributed by atoms with Gasteiger partial charge in [0.25, 0.3) is 0 Å². The zero-order valence-corrected chi connectivity index (χ0v) is 15.2. The van der Waals surface area contributed by atoms with Crippen molar-refractivity contribution < 1.29 is 22.6 Å². The molecule has 2 aromatic heterocycles. The molecule has 148 valence electrons. The number of imidazole rings is 1. The summed E-state index contributed by atoms with van der Waals surface area (Å²) in [5, 5.41) is 3.35. The van der Waals surface area contributed by atoms with Crippen molar-refractivity contribution in [1.82, 2.24) is 19.9 Å². The van der Waals surface area contributed by atoms with Crippen LogP contribution in [0.15, 0.2) is 36.5 Å². The van der Waals surface area contributed by atoms with Crippen molar-refractivity contribution in [2.24, 2.45) is 0 Å². The van der Waals surface area contributed by atoms with Crippen LogP contribution in [0, 0.1) is 0 Å². The van der Waals surface area contributed by atoms with E-state index in [4.69, 9.17) is 9.47 Å². The van der Waals surface area contributed by atoms with E-state index in [2.05, 4.69) is 15.3 Å². The van der Waals surface area contributed by atoms with Gasteiger partial charge in [-0.3, -0.25) is 0 Å². The number of nitrogens with zero attached hydrogens (tertiary/aromatic N) is 3. The summed E-state index contributed by atoms with van der Waals surface area (Å²) < 4.78 is 51.5. The van der Waals surface area contributed by atoms with Crippen LogP contribution < -0.4 is 10.1 Å². The van der Waals surface area contributed by atoms with Crippen LogP contribution in [-0.4, -0.2) is 34.8 Å². The molecule has 1 atom stereocenters. The van der Waals surface area contributed by atoms with Gasteiger partial charge < -0.3 is 19.4 Å². The van der Waals surface area contributed by atoms with Gasteiger partial charge in [0.05, 0.1) is 36.4 Å². The van der Waals surface area contributed by atoms with E-state index in [0.717, 1.165) is 17.7 Å². The fourth-order valence-corrected chi connectivity index (χ4v) is 3.36. The predicted molar refractivity (Wildman–Crippen MR) is 95.9 cm³/mol. The van der Waals surface area contributed by atoms with Crippen LogP contribution in [0.4, 0.5) is 13.2 Å². The quantitative estimate of drug-likeness (QED) is 0.722. The number of hydrogen-bond acceptors (Lipinski definition) is 5. The maximum Gasteiger partial charge on any atom is 0.416 e. The Balaban J connectivity index is 1.51. The summed E-state index contributed by atoms with van der Waals surface area (Å²) in [7, 11) is 1.56. The number of pyridine rings is 1. The van der Waals surface area contributed by atoms with E-state index in [1.54, 1.807) is 19.4 Å². The molecule has 0 saturated heterocycles. The number of alkyl halides is 3. The average Bonchev–Trinajstić information content (AvgIpc) is 3.06. The molecule has 4 rings (SSSR count). The summed E-state index contributed by atoms with van der Waals surface area (Å²) in [6.45, 7) is 1.95. The molecule has 0 saturated carbocycles. The van der Waals surface area contributed by atoms with Crippen LogP contribution in [0.3, 0.4) is 0 Å². The molecule has 0 aliphatic carbocycles. The fourth-order valence-electron chi connectivity index (χ4n) is 3.36. The van der Waals surface area contributed by atoms with Gasteiger partial charge in [0.15, 0.2) is 0 Å². The van der Waals surface area contributed by atoms with Crippen molar-refractivity contribution in [1.29, 1.82) is 0 Å². The highest BCUT2D eigenvalue weighted by Gasteiger charge is 2.32. The Morgan fingerprint density at radius 2 is 2.14 bits per heavy atom. The second-order valence-corrected chi connectivity index (χ2v) is 6.61. The zero-order valence-electron chi connectivity index (χ0n) is 15.2. The lowest BCUT2D eigenvalue weighted by molar-refractivity contribution is -0.137. The summed E-state index contributed by atoms with van der Waals surface area (Å²) in [4.78, 5) is 8.51. The normalized spacial score (nSPS) is 16.9. The number of nitrogens with one attached hydrogen (secondary N) is 1. The number of rotatable bonds is 5. The van der Waals surface area contributed by atoms with Crippen molar-refractivity contribution in [3.63, 3.8) is 0 Å². The summed E-state index contributed by atoms with van der Waals surface area (Å²) >= 11 is 0. The number of fused-ring (bicyclic) bond motifs is 3.